The maximum Gasteiger partial charge on any atom is 0.329 e. The Morgan fingerprint density at radius 3 is 2.61 bits per heavy atom. The first-order valence-corrected chi connectivity index (χ1v) is 7.97. The molecule has 0 aliphatic carbocycles. The molecule has 0 bridgehead atoms. The number of carbonyl (C=O) groups is 2. The number of hydrazone groups is 1. The normalized spacial score (nSPS) is 10.4. The average Bonchev–Trinajstić information content (AvgIpc) is 2.53. The molecule has 1 aromatic carbocycles. The summed E-state index contributed by atoms with van der Waals surface area (Å²) in [5, 5.41) is 5.95. The molecule has 0 saturated heterocycles. The second kappa shape index (κ2) is 9.83. The van der Waals surface area contributed by atoms with Crippen LogP contribution in [0.2, 0.25) is 0 Å². The summed E-state index contributed by atoms with van der Waals surface area (Å²) >= 11 is 3.44. The minimum Gasteiger partial charge on any atom is -0.490 e. The lowest BCUT2D eigenvalue weighted by molar-refractivity contribution is -0.138. The minimum absolute atomic E-state index is 0.489. The number of hydrogen-bond donors (Lipinski definition) is 2. The van der Waals surface area contributed by atoms with Gasteiger partial charge in [0.15, 0.2) is 11.5 Å². The van der Waals surface area contributed by atoms with E-state index in [1.807, 2.05) is 13.8 Å². The molecule has 0 saturated carbocycles. The zero-order valence-electron chi connectivity index (χ0n) is 13.3. The average molecular weight is 386 g/mol. The van der Waals surface area contributed by atoms with Crippen molar-refractivity contribution in [1.29, 1.82) is 0 Å². The highest BCUT2D eigenvalue weighted by Crippen LogP contribution is 2.36. The van der Waals surface area contributed by atoms with Gasteiger partial charge in [-0.3, -0.25) is 9.59 Å². The molecule has 7 nitrogen and oxygen atoms in total. The largest absolute Gasteiger partial charge is 0.490 e. The van der Waals surface area contributed by atoms with Crippen LogP contribution in [0, 0.1) is 0 Å². The monoisotopic (exact) mass is 385 g/mol. The molecule has 0 aliphatic rings. The molecular weight excluding hydrogens is 366 g/mol. The standard InChI is InChI=1S/C15H20BrN3O4/c1-4-6-23-13-11(16)7-10(8-12(13)22-5-2)9-18-19-15(21)14(20)17-3/h7-9H,4-6H2,1-3H3,(H,17,20)(H,19,21)/b18-9-. The fourth-order valence-electron chi connectivity index (χ4n) is 1.60. The number of amides is 2. The third-order valence-electron chi connectivity index (χ3n) is 2.60. The molecule has 23 heavy (non-hydrogen) atoms. The summed E-state index contributed by atoms with van der Waals surface area (Å²) in [6, 6.07) is 3.53. The molecular formula is C15H20BrN3O4. The molecule has 0 unspecified atom stereocenters. The van der Waals surface area contributed by atoms with Crippen molar-refractivity contribution < 1.29 is 19.1 Å². The van der Waals surface area contributed by atoms with Gasteiger partial charge in [0.05, 0.1) is 23.9 Å². The Bertz CT molecular complexity index is 590. The van der Waals surface area contributed by atoms with Gasteiger partial charge in [-0.05, 0) is 47.0 Å². The van der Waals surface area contributed by atoms with Crippen LogP contribution in [0.25, 0.3) is 0 Å². The van der Waals surface area contributed by atoms with E-state index in [-0.39, 0.29) is 0 Å². The molecule has 0 aliphatic heterocycles. The van der Waals surface area contributed by atoms with E-state index in [1.165, 1.54) is 13.3 Å². The van der Waals surface area contributed by atoms with Crippen molar-refractivity contribution in [3.8, 4) is 11.5 Å². The van der Waals surface area contributed by atoms with E-state index in [1.54, 1.807) is 12.1 Å². The minimum atomic E-state index is -0.837. The summed E-state index contributed by atoms with van der Waals surface area (Å²) in [6.45, 7) is 4.96. The highest BCUT2D eigenvalue weighted by molar-refractivity contribution is 9.10. The van der Waals surface area contributed by atoms with Gasteiger partial charge in [-0.25, -0.2) is 5.43 Å². The second-order valence-corrected chi connectivity index (χ2v) is 5.24. The topological polar surface area (TPSA) is 89.0 Å². The molecule has 1 aromatic rings. The molecule has 2 N–H and O–H groups in total. The van der Waals surface area contributed by atoms with Crippen molar-refractivity contribution in [1.82, 2.24) is 10.7 Å². The van der Waals surface area contributed by atoms with Crippen molar-refractivity contribution in [3.05, 3.63) is 22.2 Å². The summed E-state index contributed by atoms with van der Waals surface area (Å²) in [4.78, 5) is 22.3. The lowest BCUT2D eigenvalue weighted by Gasteiger charge is -2.14. The van der Waals surface area contributed by atoms with Crippen LogP contribution in [0.15, 0.2) is 21.7 Å². The second-order valence-electron chi connectivity index (χ2n) is 4.39. The quantitative estimate of drug-likeness (QED) is 0.425. The molecule has 2 amide bonds. The summed E-state index contributed by atoms with van der Waals surface area (Å²) < 4.78 is 12.0. The molecule has 8 heteroatoms. The summed E-state index contributed by atoms with van der Waals surface area (Å²) in [5.74, 6) is -0.396. The van der Waals surface area contributed by atoms with E-state index < -0.39 is 11.8 Å². The first-order chi connectivity index (χ1) is 11.0. The van der Waals surface area contributed by atoms with Crippen LogP contribution in [0.5, 0.6) is 11.5 Å². The number of hydrogen-bond acceptors (Lipinski definition) is 5. The van der Waals surface area contributed by atoms with E-state index in [9.17, 15) is 9.59 Å². The molecule has 1 rings (SSSR count). The van der Waals surface area contributed by atoms with Crippen molar-refractivity contribution in [3.63, 3.8) is 0 Å². The first kappa shape index (κ1) is 19.0. The zero-order chi connectivity index (χ0) is 17.2. The van der Waals surface area contributed by atoms with Gasteiger partial charge in [0.1, 0.15) is 0 Å². The molecule has 126 valence electrons. The van der Waals surface area contributed by atoms with E-state index >= 15 is 0 Å². The smallest absolute Gasteiger partial charge is 0.329 e. The zero-order valence-corrected chi connectivity index (χ0v) is 14.9. The lowest BCUT2D eigenvalue weighted by atomic mass is 10.2. The molecule has 0 fully saturated rings. The van der Waals surface area contributed by atoms with Crippen LogP contribution < -0.4 is 20.2 Å². The van der Waals surface area contributed by atoms with Gasteiger partial charge in [-0.2, -0.15) is 5.10 Å². The number of nitrogens with one attached hydrogen (secondary N) is 2. The van der Waals surface area contributed by atoms with Gasteiger partial charge >= 0.3 is 11.8 Å². The summed E-state index contributed by atoms with van der Waals surface area (Å²) in [6.07, 6.45) is 2.30. The van der Waals surface area contributed by atoms with E-state index in [0.717, 1.165) is 10.9 Å². The van der Waals surface area contributed by atoms with Crippen LogP contribution in [-0.4, -0.2) is 38.3 Å². The van der Waals surface area contributed by atoms with Gasteiger partial charge in [0.25, 0.3) is 0 Å². The number of halogens is 1. The lowest BCUT2D eigenvalue weighted by Crippen LogP contribution is -2.35. The highest BCUT2D eigenvalue weighted by Gasteiger charge is 2.12. The number of ether oxygens (including phenoxy) is 2. The Morgan fingerprint density at radius 1 is 1.26 bits per heavy atom. The third-order valence-corrected chi connectivity index (χ3v) is 3.18. The highest BCUT2D eigenvalue weighted by atomic mass is 79.9. The Hall–Kier alpha value is -2.09. The molecule has 0 aromatic heterocycles. The van der Waals surface area contributed by atoms with Gasteiger partial charge in [0.2, 0.25) is 0 Å². The number of carbonyl (C=O) groups excluding carboxylic acids is 2. The van der Waals surface area contributed by atoms with Crippen LogP contribution >= 0.6 is 15.9 Å². The fourth-order valence-corrected chi connectivity index (χ4v) is 2.17. The van der Waals surface area contributed by atoms with Crippen molar-refractivity contribution in [2.45, 2.75) is 20.3 Å². The summed E-state index contributed by atoms with van der Waals surface area (Å²) in [7, 11) is 1.37. The number of nitrogens with zero attached hydrogens (tertiary/aromatic N) is 1. The van der Waals surface area contributed by atoms with Gasteiger partial charge in [-0.1, -0.05) is 6.92 Å². The van der Waals surface area contributed by atoms with Crippen molar-refractivity contribution in [2.75, 3.05) is 20.3 Å². The van der Waals surface area contributed by atoms with E-state index in [2.05, 4.69) is 31.8 Å². The van der Waals surface area contributed by atoms with Crippen LogP contribution in [-0.2, 0) is 9.59 Å². The Kier molecular flexibility index (Phi) is 8.10. The molecule has 0 radical (unpaired) electrons. The van der Waals surface area contributed by atoms with Crippen LogP contribution in [0.3, 0.4) is 0 Å². The number of benzene rings is 1. The van der Waals surface area contributed by atoms with E-state index in [4.69, 9.17) is 9.47 Å². The maximum absolute atomic E-state index is 11.3. The molecule has 0 heterocycles. The third kappa shape index (κ3) is 5.90. The Labute approximate surface area is 143 Å². The van der Waals surface area contributed by atoms with Crippen LogP contribution in [0.1, 0.15) is 25.8 Å². The number of rotatable bonds is 7. The van der Waals surface area contributed by atoms with Gasteiger partial charge in [-0.15, -0.1) is 0 Å². The SMILES string of the molecule is CCCOc1c(Br)cc(/C=N\NC(=O)C(=O)NC)cc1OCC. The van der Waals surface area contributed by atoms with E-state index in [0.29, 0.717) is 30.3 Å². The maximum atomic E-state index is 11.3. The molecule has 0 spiro atoms. The Morgan fingerprint density at radius 2 is 2.00 bits per heavy atom. The van der Waals surface area contributed by atoms with Gasteiger partial charge in [0, 0.05) is 7.05 Å². The van der Waals surface area contributed by atoms with Crippen molar-refractivity contribution in [2.24, 2.45) is 5.10 Å². The predicted octanol–water partition coefficient (Wildman–Crippen LogP) is 1.83. The van der Waals surface area contributed by atoms with Crippen molar-refractivity contribution >= 4 is 34.0 Å². The first-order valence-electron chi connectivity index (χ1n) is 7.17. The van der Waals surface area contributed by atoms with Crippen LogP contribution in [0.4, 0.5) is 0 Å². The number of likely N-dealkylation sites (N-methyl/N-ethyl adjacent to an activating group) is 1. The fraction of sp³-hybridized carbons (Fsp3) is 0.400. The summed E-state index contributed by atoms with van der Waals surface area (Å²) in [5.41, 5.74) is 2.81. The Balaban J connectivity index is 2.91. The van der Waals surface area contributed by atoms with Gasteiger partial charge < -0.3 is 14.8 Å². The molecule has 0 atom stereocenters. The predicted molar refractivity (Wildman–Crippen MR) is 90.9 cm³/mol.